The highest BCUT2D eigenvalue weighted by Gasteiger charge is 2.07. The molecule has 2 N–H and O–H groups in total. The van der Waals surface area contributed by atoms with Gasteiger partial charge in [-0.2, -0.15) is 0 Å². The average molecular weight is 201 g/mol. The van der Waals surface area contributed by atoms with Crippen LogP contribution in [0.15, 0.2) is 28.7 Å². The standard InChI is InChI=1S/C13H15NO/c1-8-6-11(4-5-13(8)14)12-7-9(2)15-10(12)3/h4-7H,14H2,1-3H3. The van der Waals surface area contributed by atoms with Crippen molar-refractivity contribution in [2.24, 2.45) is 0 Å². The zero-order chi connectivity index (χ0) is 11.0. The molecule has 0 bridgehead atoms. The first-order valence-corrected chi connectivity index (χ1v) is 5.01. The number of anilines is 1. The van der Waals surface area contributed by atoms with Crippen molar-refractivity contribution in [3.05, 3.63) is 41.3 Å². The van der Waals surface area contributed by atoms with E-state index in [-0.39, 0.29) is 0 Å². The van der Waals surface area contributed by atoms with Crippen molar-refractivity contribution in [3.8, 4) is 11.1 Å². The number of nitrogen functional groups attached to an aromatic ring is 1. The van der Waals surface area contributed by atoms with Gasteiger partial charge in [0.25, 0.3) is 0 Å². The average Bonchev–Trinajstić information content (AvgIpc) is 2.50. The number of hydrogen-bond acceptors (Lipinski definition) is 2. The van der Waals surface area contributed by atoms with Crippen LogP contribution in [-0.4, -0.2) is 0 Å². The lowest BCUT2D eigenvalue weighted by atomic mass is 10.0. The molecule has 2 heteroatoms. The van der Waals surface area contributed by atoms with Gasteiger partial charge in [-0.3, -0.25) is 0 Å². The Morgan fingerprint density at radius 1 is 1.07 bits per heavy atom. The van der Waals surface area contributed by atoms with Crippen LogP contribution >= 0.6 is 0 Å². The van der Waals surface area contributed by atoms with Crippen LogP contribution < -0.4 is 5.73 Å². The highest BCUT2D eigenvalue weighted by molar-refractivity contribution is 5.69. The molecule has 15 heavy (non-hydrogen) atoms. The predicted octanol–water partition coefficient (Wildman–Crippen LogP) is 3.45. The lowest BCUT2D eigenvalue weighted by molar-refractivity contribution is 0.505. The SMILES string of the molecule is Cc1cc(-c2ccc(N)c(C)c2)c(C)o1. The third kappa shape index (κ3) is 1.75. The summed E-state index contributed by atoms with van der Waals surface area (Å²) in [5.74, 6) is 1.90. The predicted molar refractivity (Wildman–Crippen MR) is 62.8 cm³/mol. The molecule has 1 aromatic heterocycles. The summed E-state index contributed by atoms with van der Waals surface area (Å²) in [6.07, 6.45) is 0. The van der Waals surface area contributed by atoms with Crippen molar-refractivity contribution in [1.29, 1.82) is 0 Å². The number of nitrogens with two attached hydrogens (primary N) is 1. The number of hydrogen-bond donors (Lipinski definition) is 1. The first kappa shape index (κ1) is 9.84. The van der Waals surface area contributed by atoms with Gasteiger partial charge in [0.05, 0.1) is 0 Å². The molecule has 0 spiro atoms. The van der Waals surface area contributed by atoms with Crippen molar-refractivity contribution in [3.63, 3.8) is 0 Å². The van der Waals surface area contributed by atoms with Crippen LogP contribution in [-0.2, 0) is 0 Å². The molecule has 0 aliphatic rings. The minimum absolute atomic E-state index is 0.830. The van der Waals surface area contributed by atoms with Gasteiger partial charge in [-0.1, -0.05) is 6.07 Å². The summed E-state index contributed by atoms with van der Waals surface area (Å²) in [5, 5.41) is 0. The maximum Gasteiger partial charge on any atom is 0.108 e. The molecule has 0 aliphatic carbocycles. The quantitative estimate of drug-likeness (QED) is 0.718. The summed E-state index contributed by atoms with van der Waals surface area (Å²) < 4.78 is 5.51. The normalized spacial score (nSPS) is 10.6. The third-order valence-electron chi connectivity index (χ3n) is 2.62. The Morgan fingerprint density at radius 2 is 1.80 bits per heavy atom. The topological polar surface area (TPSA) is 39.2 Å². The van der Waals surface area contributed by atoms with Gasteiger partial charge in [-0.15, -0.1) is 0 Å². The second kappa shape index (κ2) is 3.46. The molecule has 0 aliphatic heterocycles. The minimum Gasteiger partial charge on any atom is -0.466 e. The first-order chi connectivity index (χ1) is 7.08. The highest BCUT2D eigenvalue weighted by Crippen LogP contribution is 2.28. The first-order valence-electron chi connectivity index (χ1n) is 5.01. The Hall–Kier alpha value is -1.70. The smallest absolute Gasteiger partial charge is 0.108 e. The number of rotatable bonds is 1. The van der Waals surface area contributed by atoms with Gasteiger partial charge in [0, 0.05) is 11.3 Å². The van der Waals surface area contributed by atoms with E-state index in [0.717, 1.165) is 33.9 Å². The number of furan rings is 1. The highest BCUT2D eigenvalue weighted by atomic mass is 16.3. The fourth-order valence-electron chi connectivity index (χ4n) is 1.76. The van der Waals surface area contributed by atoms with Crippen molar-refractivity contribution in [1.82, 2.24) is 0 Å². The van der Waals surface area contributed by atoms with E-state index in [1.54, 1.807) is 0 Å². The molecule has 1 heterocycles. The lowest BCUT2D eigenvalue weighted by Gasteiger charge is -2.03. The van der Waals surface area contributed by atoms with Crippen molar-refractivity contribution < 1.29 is 4.42 Å². The van der Waals surface area contributed by atoms with Crippen LogP contribution in [0.5, 0.6) is 0 Å². The van der Waals surface area contributed by atoms with Gasteiger partial charge in [0.1, 0.15) is 11.5 Å². The summed E-state index contributed by atoms with van der Waals surface area (Å²) in [6.45, 7) is 5.95. The Labute approximate surface area is 89.7 Å². The molecule has 2 aromatic rings. The van der Waals surface area contributed by atoms with Crippen LogP contribution in [0.4, 0.5) is 5.69 Å². The van der Waals surface area contributed by atoms with E-state index in [9.17, 15) is 0 Å². The molecule has 0 amide bonds. The summed E-state index contributed by atoms with van der Waals surface area (Å²) >= 11 is 0. The molecule has 1 aromatic carbocycles. The minimum atomic E-state index is 0.830. The van der Waals surface area contributed by atoms with Crippen LogP contribution in [0.1, 0.15) is 17.1 Å². The second-order valence-corrected chi connectivity index (χ2v) is 3.90. The molecular formula is C13H15NO. The number of aryl methyl sites for hydroxylation is 3. The molecule has 0 atom stereocenters. The van der Waals surface area contributed by atoms with Crippen molar-refractivity contribution >= 4 is 5.69 Å². The van der Waals surface area contributed by atoms with Crippen LogP contribution in [0.3, 0.4) is 0 Å². The Bertz CT molecular complexity index is 497. The third-order valence-corrected chi connectivity index (χ3v) is 2.62. The Kier molecular flexibility index (Phi) is 2.27. The molecule has 2 rings (SSSR count). The molecule has 0 fully saturated rings. The van der Waals surface area contributed by atoms with Gasteiger partial charge in [-0.25, -0.2) is 0 Å². The largest absolute Gasteiger partial charge is 0.466 e. The molecule has 0 saturated carbocycles. The molecule has 0 radical (unpaired) electrons. The molecule has 78 valence electrons. The van der Waals surface area contributed by atoms with Gasteiger partial charge in [0.15, 0.2) is 0 Å². The maximum absolute atomic E-state index is 5.79. The fourth-order valence-corrected chi connectivity index (χ4v) is 1.76. The summed E-state index contributed by atoms with van der Waals surface area (Å²) in [5.41, 5.74) is 10.0. The van der Waals surface area contributed by atoms with Crippen molar-refractivity contribution in [2.75, 3.05) is 5.73 Å². The molecule has 0 unspecified atom stereocenters. The van der Waals surface area contributed by atoms with Crippen LogP contribution in [0.2, 0.25) is 0 Å². The van der Waals surface area contributed by atoms with E-state index in [0.29, 0.717) is 0 Å². The zero-order valence-corrected chi connectivity index (χ0v) is 9.29. The van der Waals surface area contributed by atoms with E-state index in [2.05, 4.69) is 12.1 Å². The summed E-state index contributed by atoms with van der Waals surface area (Å²) in [6, 6.07) is 8.11. The van der Waals surface area contributed by atoms with Crippen LogP contribution in [0.25, 0.3) is 11.1 Å². The summed E-state index contributed by atoms with van der Waals surface area (Å²) in [7, 11) is 0. The lowest BCUT2D eigenvalue weighted by Crippen LogP contribution is -1.89. The fraction of sp³-hybridized carbons (Fsp3) is 0.231. The maximum atomic E-state index is 5.79. The van der Waals surface area contributed by atoms with E-state index in [4.69, 9.17) is 10.2 Å². The van der Waals surface area contributed by atoms with Gasteiger partial charge < -0.3 is 10.2 Å². The van der Waals surface area contributed by atoms with Gasteiger partial charge in [-0.05, 0) is 50.1 Å². The van der Waals surface area contributed by atoms with Crippen LogP contribution in [0, 0.1) is 20.8 Å². The molecular weight excluding hydrogens is 186 g/mol. The molecule has 2 nitrogen and oxygen atoms in total. The second-order valence-electron chi connectivity index (χ2n) is 3.90. The van der Waals surface area contributed by atoms with E-state index < -0.39 is 0 Å². The van der Waals surface area contributed by atoms with Gasteiger partial charge >= 0.3 is 0 Å². The van der Waals surface area contributed by atoms with E-state index in [1.807, 2.05) is 32.9 Å². The van der Waals surface area contributed by atoms with E-state index >= 15 is 0 Å². The van der Waals surface area contributed by atoms with Crippen molar-refractivity contribution in [2.45, 2.75) is 20.8 Å². The zero-order valence-electron chi connectivity index (χ0n) is 9.29. The van der Waals surface area contributed by atoms with Gasteiger partial charge in [0.2, 0.25) is 0 Å². The Balaban J connectivity index is 2.54. The monoisotopic (exact) mass is 201 g/mol. The Morgan fingerprint density at radius 3 is 2.33 bits per heavy atom. The number of benzene rings is 1. The molecule has 0 saturated heterocycles. The summed E-state index contributed by atoms with van der Waals surface area (Å²) in [4.78, 5) is 0. The van der Waals surface area contributed by atoms with E-state index in [1.165, 1.54) is 0 Å².